The number of nitrogens with two attached hydrogens (primary N) is 1. The van der Waals surface area contributed by atoms with E-state index in [0.29, 0.717) is 6.04 Å². The van der Waals surface area contributed by atoms with Crippen molar-refractivity contribution in [3.63, 3.8) is 0 Å². The highest BCUT2D eigenvalue weighted by Gasteiger charge is 2.28. The SMILES string of the molecule is COc1cccc(C[C@H](N)C2CC2)c1. The highest BCUT2D eigenvalue weighted by molar-refractivity contribution is 5.29. The number of hydrogen-bond donors (Lipinski definition) is 1. The molecule has 14 heavy (non-hydrogen) atoms. The Kier molecular flexibility index (Phi) is 2.73. The van der Waals surface area contributed by atoms with Crippen LogP contribution in [0.15, 0.2) is 24.3 Å². The summed E-state index contributed by atoms with van der Waals surface area (Å²) in [5, 5.41) is 0. The van der Waals surface area contributed by atoms with E-state index in [9.17, 15) is 0 Å². The molecule has 0 bridgehead atoms. The van der Waals surface area contributed by atoms with Crippen LogP contribution in [0.4, 0.5) is 0 Å². The molecule has 0 amide bonds. The van der Waals surface area contributed by atoms with Gasteiger partial charge in [-0.15, -0.1) is 0 Å². The fourth-order valence-electron chi connectivity index (χ4n) is 1.76. The first-order valence-electron chi connectivity index (χ1n) is 5.18. The van der Waals surface area contributed by atoms with Crippen LogP contribution in [-0.4, -0.2) is 13.2 Å². The van der Waals surface area contributed by atoms with Gasteiger partial charge in [-0.3, -0.25) is 0 Å². The van der Waals surface area contributed by atoms with Crippen LogP contribution in [0, 0.1) is 5.92 Å². The van der Waals surface area contributed by atoms with E-state index in [4.69, 9.17) is 10.5 Å². The van der Waals surface area contributed by atoms with Gasteiger partial charge in [-0.25, -0.2) is 0 Å². The van der Waals surface area contributed by atoms with E-state index in [1.807, 2.05) is 12.1 Å². The zero-order chi connectivity index (χ0) is 9.97. The van der Waals surface area contributed by atoms with Gasteiger partial charge < -0.3 is 10.5 Å². The number of rotatable bonds is 4. The summed E-state index contributed by atoms with van der Waals surface area (Å²) in [5.41, 5.74) is 7.34. The molecule has 1 atom stereocenters. The second kappa shape index (κ2) is 4.01. The van der Waals surface area contributed by atoms with E-state index in [1.165, 1.54) is 18.4 Å². The smallest absolute Gasteiger partial charge is 0.119 e. The van der Waals surface area contributed by atoms with Crippen molar-refractivity contribution in [2.24, 2.45) is 11.7 Å². The molecule has 0 heterocycles. The minimum Gasteiger partial charge on any atom is -0.497 e. The van der Waals surface area contributed by atoms with E-state index < -0.39 is 0 Å². The van der Waals surface area contributed by atoms with Crippen LogP contribution in [0.3, 0.4) is 0 Å². The van der Waals surface area contributed by atoms with Crippen molar-refractivity contribution in [3.05, 3.63) is 29.8 Å². The van der Waals surface area contributed by atoms with Crippen LogP contribution in [0.2, 0.25) is 0 Å². The van der Waals surface area contributed by atoms with Gasteiger partial charge in [0.25, 0.3) is 0 Å². The summed E-state index contributed by atoms with van der Waals surface area (Å²) < 4.78 is 5.17. The molecule has 0 spiro atoms. The predicted octanol–water partition coefficient (Wildman–Crippen LogP) is 1.98. The van der Waals surface area contributed by atoms with Gasteiger partial charge in [0.15, 0.2) is 0 Å². The lowest BCUT2D eigenvalue weighted by Crippen LogP contribution is -2.24. The van der Waals surface area contributed by atoms with Crippen molar-refractivity contribution in [3.8, 4) is 5.75 Å². The van der Waals surface area contributed by atoms with Crippen molar-refractivity contribution < 1.29 is 4.74 Å². The summed E-state index contributed by atoms with van der Waals surface area (Å²) in [6.07, 6.45) is 3.60. The molecule has 0 unspecified atom stereocenters. The number of methoxy groups -OCH3 is 1. The molecule has 2 nitrogen and oxygen atoms in total. The summed E-state index contributed by atoms with van der Waals surface area (Å²) in [6, 6.07) is 8.51. The van der Waals surface area contributed by atoms with Crippen molar-refractivity contribution in [2.75, 3.05) is 7.11 Å². The highest BCUT2D eigenvalue weighted by atomic mass is 16.5. The van der Waals surface area contributed by atoms with Gasteiger partial charge in [-0.05, 0) is 42.9 Å². The lowest BCUT2D eigenvalue weighted by molar-refractivity contribution is 0.414. The molecule has 0 aromatic heterocycles. The zero-order valence-corrected chi connectivity index (χ0v) is 8.57. The van der Waals surface area contributed by atoms with E-state index in [1.54, 1.807) is 7.11 Å². The molecule has 2 rings (SSSR count). The third kappa shape index (κ3) is 2.26. The third-order valence-corrected chi connectivity index (χ3v) is 2.83. The Morgan fingerprint density at radius 1 is 1.50 bits per heavy atom. The quantitative estimate of drug-likeness (QED) is 0.789. The van der Waals surface area contributed by atoms with Gasteiger partial charge in [0.2, 0.25) is 0 Å². The monoisotopic (exact) mass is 191 g/mol. The molecule has 1 aliphatic rings. The van der Waals surface area contributed by atoms with Crippen molar-refractivity contribution in [1.29, 1.82) is 0 Å². The number of ether oxygens (including phenoxy) is 1. The molecular weight excluding hydrogens is 174 g/mol. The topological polar surface area (TPSA) is 35.2 Å². The summed E-state index contributed by atoms with van der Waals surface area (Å²) >= 11 is 0. The van der Waals surface area contributed by atoms with Gasteiger partial charge in [-0.1, -0.05) is 12.1 Å². The lowest BCUT2D eigenvalue weighted by atomic mass is 10.0. The first-order valence-corrected chi connectivity index (χ1v) is 5.18. The third-order valence-electron chi connectivity index (χ3n) is 2.83. The molecule has 0 radical (unpaired) electrons. The van der Waals surface area contributed by atoms with E-state index in [0.717, 1.165) is 18.1 Å². The summed E-state index contributed by atoms with van der Waals surface area (Å²) in [7, 11) is 1.69. The fourth-order valence-corrected chi connectivity index (χ4v) is 1.76. The molecular formula is C12H17NO. The van der Waals surface area contributed by atoms with Crippen LogP contribution in [0.1, 0.15) is 18.4 Å². The number of benzene rings is 1. The Morgan fingerprint density at radius 3 is 2.93 bits per heavy atom. The van der Waals surface area contributed by atoms with Gasteiger partial charge in [0.05, 0.1) is 7.11 Å². The van der Waals surface area contributed by atoms with Crippen LogP contribution < -0.4 is 10.5 Å². The first kappa shape index (κ1) is 9.53. The normalized spacial score (nSPS) is 17.9. The molecule has 76 valence electrons. The lowest BCUT2D eigenvalue weighted by Gasteiger charge is -2.10. The second-order valence-electron chi connectivity index (χ2n) is 4.06. The van der Waals surface area contributed by atoms with Crippen molar-refractivity contribution >= 4 is 0 Å². The molecule has 1 aliphatic carbocycles. The van der Waals surface area contributed by atoms with Gasteiger partial charge >= 0.3 is 0 Å². The summed E-state index contributed by atoms with van der Waals surface area (Å²) in [6.45, 7) is 0. The Balaban J connectivity index is 2.00. The largest absolute Gasteiger partial charge is 0.497 e. The maximum Gasteiger partial charge on any atom is 0.119 e. The molecule has 1 fully saturated rings. The van der Waals surface area contributed by atoms with Crippen LogP contribution in [-0.2, 0) is 6.42 Å². The molecule has 1 aromatic rings. The average Bonchev–Trinajstić information content (AvgIpc) is 3.01. The van der Waals surface area contributed by atoms with E-state index in [-0.39, 0.29) is 0 Å². The highest BCUT2D eigenvalue weighted by Crippen LogP contribution is 2.33. The van der Waals surface area contributed by atoms with Crippen LogP contribution >= 0.6 is 0 Å². The maximum atomic E-state index is 6.06. The van der Waals surface area contributed by atoms with E-state index >= 15 is 0 Å². The van der Waals surface area contributed by atoms with Gasteiger partial charge in [0.1, 0.15) is 5.75 Å². The van der Waals surface area contributed by atoms with Crippen LogP contribution in [0.25, 0.3) is 0 Å². The Hall–Kier alpha value is -1.02. The van der Waals surface area contributed by atoms with Crippen LogP contribution in [0.5, 0.6) is 5.75 Å². The maximum absolute atomic E-state index is 6.06. The second-order valence-corrected chi connectivity index (χ2v) is 4.06. The molecule has 0 aliphatic heterocycles. The first-order chi connectivity index (χ1) is 6.79. The summed E-state index contributed by atoms with van der Waals surface area (Å²) in [5.74, 6) is 1.69. The van der Waals surface area contributed by atoms with Crippen molar-refractivity contribution in [1.82, 2.24) is 0 Å². The molecule has 1 saturated carbocycles. The standard InChI is InChI=1S/C12H17NO/c1-14-11-4-2-3-9(7-11)8-12(13)10-5-6-10/h2-4,7,10,12H,5-6,8,13H2,1H3/t12-/m0/s1. The van der Waals surface area contributed by atoms with Gasteiger partial charge in [-0.2, -0.15) is 0 Å². The molecule has 0 saturated heterocycles. The molecule has 2 heteroatoms. The minimum absolute atomic E-state index is 0.335. The Morgan fingerprint density at radius 2 is 2.29 bits per heavy atom. The fraction of sp³-hybridized carbons (Fsp3) is 0.500. The minimum atomic E-state index is 0.335. The molecule has 2 N–H and O–H groups in total. The van der Waals surface area contributed by atoms with E-state index in [2.05, 4.69) is 12.1 Å². The summed E-state index contributed by atoms with van der Waals surface area (Å²) in [4.78, 5) is 0. The number of hydrogen-bond acceptors (Lipinski definition) is 2. The van der Waals surface area contributed by atoms with Gasteiger partial charge in [0, 0.05) is 6.04 Å². The molecule has 1 aromatic carbocycles. The zero-order valence-electron chi connectivity index (χ0n) is 8.57. The predicted molar refractivity (Wildman–Crippen MR) is 57.4 cm³/mol. The van der Waals surface area contributed by atoms with Crippen molar-refractivity contribution in [2.45, 2.75) is 25.3 Å². The Bertz CT molecular complexity index is 307. The Labute approximate surface area is 85.1 Å². The average molecular weight is 191 g/mol.